The lowest BCUT2D eigenvalue weighted by Crippen LogP contribution is -2.13. The predicted molar refractivity (Wildman–Crippen MR) is 154 cm³/mol. The van der Waals surface area contributed by atoms with Crippen LogP contribution in [0.5, 0.6) is 0 Å². The van der Waals surface area contributed by atoms with E-state index in [9.17, 15) is 0 Å². The Bertz CT molecular complexity index is 987. The van der Waals surface area contributed by atoms with Crippen molar-refractivity contribution in [2.45, 2.75) is 76.1 Å². The van der Waals surface area contributed by atoms with Gasteiger partial charge in [0.25, 0.3) is 0 Å². The summed E-state index contributed by atoms with van der Waals surface area (Å²) in [5.41, 5.74) is 19.7. The van der Waals surface area contributed by atoms with Crippen molar-refractivity contribution < 1.29 is 14.2 Å². The first kappa shape index (κ1) is 28.7. The van der Waals surface area contributed by atoms with Gasteiger partial charge in [-0.15, -0.1) is 0 Å². The van der Waals surface area contributed by atoms with E-state index in [2.05, 4.69) is 15.0 Å². The van der Waals surface area contributed by atoms with E-state index < -0.39 is 0 Å². The Morgan fingerprint density at radius 2 is 0.769 bits per heavy atom. The second-order valence-electron chi connectivity index (χ2n) is 10.0. The van der Waals surface area contributed by atoms with Gasteiger partial charge in [0.15, 0.2) is 0 Å². The van der Waals surface area contributed by atoms with E-state index in [0.29, 0.717) is 17.5 Å². The summed E-state index contributed by atoms with van der Waals surface area (Å²) in [5, 5.41) is 0. The van der Waals surface area contributed by atoms with E-state index in [-0.39, 0.29) is 18.3 Å². The van der Waals surface area contributed by atoms with Gasteiger partial charge in [-0.3, -0.25) is 0 Å². The van der Waals surface area contributed by atoms with Gasteiger partial charge in [-0.2, -0.15) is 0 Å². The highest BCUT2D eigenvalue weighted by atomic mass is 16.5. The SMILES string of the molecule is Nc1cccc(C2CCCCO2)n1.Nc1cccc([C@@H]2CCCCO2)n1.Nc1cccc([C@H]2CCCCO2)n1. The average Bonchev–Trinajstić information content (AvgIpc) is 2.99. The van der Waals surface area contributed by atoms with Crippen molar-refractivity contribution in [2.75, 3.05) is 37.0 Å². The summed E-state index contributed by atoms with van der Waals surface area (Å²) >= 11 is 0. The van der Waals surface area contributed by atoms with E-state index in [1.807, 2.05) is 36.4 Å². The molecule has 3 aliphatic heterocycles. The lowest BCUT2D eigenvalue weighted by Gasteiger charge is -2.21. The van der Waals surface area contributed by atoms with Crippen LogP contribution in [0.1, 0.15) is 93.2 Å². The van der Waals surface area contributed by atoms with Crippen LogP contribution in [0.4, 0.5) is 17.5 Å². The Hall–Kier alpha value is -3.27. The summed E-state index contributed by atoms with van der Waals surface area (Å²) < 4.78 is 16.8. The van der Waals surface area contributed by atoms with Gasteiger partial charge in [0, 0.05) is 19.8 Å². The predicted octanol–water partition coefficient (Wildman–Crippen LogP) is 5.72. The second-order valence-corrected chi connectivity index (χ2v) is 10.0. The molecule has 6 rings (SSSR count). The number of anilines is 3. The number of nitrogens with two attached hydrogens (primary N) is 3. The van der Waals surface area contributed by atoms with Crippen LogP contribution in [-0.2, 0) is 14.2 Å². The number of hydrogen-bond donors (Lipinski definition) is 3. The minimum absolute atomic E-state index is 0.164. The standard InChI is InChI=1S/3C10H14N2O/c3*11-10-6-3-4-8(12-10)9-5-1-2-7-13-9/h3*3-4,6,9H,1-2,5,7H2,(H2,11,12)/t2*9-;/m10./s1. The molecule has 3 aromatic heterocycles. The summed E-state index contributed by atoms with van der Waals surface area (Å²) in [5.74, 6) is 1.73. The summed E-state index contributed by atoms with van der Waals surface area (Å²) in [6, 6.07) is 17.1. The number of ether oxygens (including phenoxy) is 3. The molecule has 0 aromatic carbocycles. The molecular weight excluding hydrogens is 492 g/mol. The number of pyridine rings is 3. The van der Waals surface area contributed by atoms with Crippen LogP contribution in [0.3, 0.4) is 0 Å². The van der Waals surface area contributed by atoms with Crippen LogP contribution < -0.4 is 17.2 Å². The minimum Gasteiger partial charge on any atom is -0.384 e. The van der Waals surface area contributed by atoms with Crippen molar-refractivity contribution >= 4 is 17.5 Å². The number of nitrogens with zero attached hydrogens (tertiary/aromatic N) is 3. The Labute approximate surface area is 231 Å². The van der Waals surface area contributed by atoms with Crippen molar-refractivity contribution in [3.05, 3.63) is 71.7 Å². The maximum atomic E-state index is 5.60. The molecule has 6 heterocycles. The summed E-state index contributed by atoms with van der Waals surface area (Å²) in [4.78, 5) is 12.7. The smallest absolute Gasteiger partial charge is 0.123 e. The third-order valence-corrected chi connectivity index (χ3v) is 6.91. The molecular formula is C30H42N6O3. The molecule has 1 unspecified atom stereocenters. The third kappa shape index (κ3) is 9.45. The molecule has 3 atom stereocenters. The van der Waals surface area contributed by atoms with Gasteiger partial charge >= 0.3 is 0 Å². The van der Waals surface area contributed by atoms with E-state index in [0.717, 1.165) is 56.2 Å². The van der Waals surface area contributed by atoms with Crippen LogP contribution in [-0.4, -0.2) is 34.8 Å². The molecule has 6 N–H and O–H groups in total. The molecule has 0 bridgehead atoms. The summed E-state index contributed by atoms with van der Waals surface area (Å²) in [7, 11) is 0. The highest BCUT2D eigenvalue weighted by molar-refractivity contribution is 5.31. The van der Waals surface area contributed by atoms with Gasteiger partial charge in [-0.25, -0.2) is 15.0 Å². The fraction of sp³-hybridized carbons (Fsp3) is 0.500. The molecule has 0 radical (unpaired) electrons. The summed E-state index contributed by atoms with van der Waals surface area (Å²) in [6.07, 6.45) is 10.9. The fourth-order valence-electron chi connectivity index (χ4n) is 4.87. The van der Waals surface area contributed by atoms with Gasteiger partial charge in [0.1, 0.15) is 17.5 Å². The first-order valence-electron chi connectivity index (χ1n) is 14.1. The van der Waals surface area contributed by atoms with Crippen LogP contribution in [0.2, 0.25) is 0 Å². The Kier molecular flexibility index (Phi) is 11.3. The highest BCUT2D eigenvalue weighted by Crippen LogP contribution is 2.28. The molecule has 3 saturated heterocycles. The van der Waals surface area contributed by atoms with Crippen molar-refractivity contribution in [3.8, 4) is 0 Å². The maximum absolute atomic E-state index is 5.60. The first-order valence-corrected chi connectivity index (χ1v) is 14.1. The zero-order valence-electron chi connectivity index (χ0n) is 22.7. The number of rotatable bonds is 3. The molecule has 0 aliphatic carbocycles. The van der Waals surface area contributed by atoms with Crippen LogP contribution in [0.15, 0.2) is 54.6 Å². The van der Waals surface area contributed by atoms with Gasteiger partial charge in [0.05, 0.1) is 35.4 Å². The monoisotopic (exact) mass is 534 g/mol. The molecule has 9 nitrogen and oxygen atoms in total. The first-order chi connectivity index (χ1) is 19.1. The number of nitrogen functional groups attached to an aromatic ring is 3. The Balaban J connectivity index is 0.000000136. The van der Waals surface area contributed by atoms with Crippen LogP contribution >= 0.6 is 0 Å². The summed E-state index contributed by atoms with van der Waals surface area (Å²) in [6.45, 7) is 2.55. The Morgan fingerprint density at radius 3 is 1.00 bits per heavy atom. The lowest BCUT2D eigenvalue weighted by molar-refractivity contribution is 0.0123. The van der Waals surface area contributed by atoms with Gasteiger partial charge in [-0.05, 0) is 94.2 Å². The topological polar surface area (TPSA) is 144 Å². The normalized spacial score (nSPS) is 22.9. The van der Waals surface area contributed by atoms with E-state index in [1.54, 1.807) is 18.2 Å². The molecule has 3 fully saturated rings. The lowest BCUT2D eigenvalue weighted by atomic mass is 10.1. The van der Waals surface area contributed by atoms with Gasteiger partial charge < -0.3 is 31.4 Å². The van der Waals surface area contributed by atoms with Gasteiger partial charge in [-0.1, -0.05) is 18.2 Å². The third-order valence-electron chi connectivity index (χ3n) is 6.91. The molecule has 0 amide bonds. The minimum atomic E-state index is 0.164. The highest BCUT2D eigenvalue weighted by Gasteiger charge is 2.18. The zero-order valence-corrected chi connectivity index (χ0v) is 22.7. The average molecular weight is 535 g/mol. The second kappa shape index (κ2) is 15.4. The van der Waals surface area contributed by atoms with Crippen LogP contribution in [0.25, 0.3) is 0 Å². The van der Waals surface area contributed by atoms with Crippen molar-refractivity contribution in [2.24, 2.45) is 0 Å². The maximum Gasteiger partial charge on any atom is 0.123 e. The molecule has 210 valence electrons. The number of hydrogen-bond acceptors (Lipinski definition) is 9. The molecule has 39 heavy (non-hydrogen) atoms. The molecule has 0 saturated carbocycles. The van der Waals surface area contributed by atoms with Gasteiger partial charge in [0.2, 0.25) is 0 Å². The molecule has 9 heteroatoms. The Morgan fingerprint density at radius 1 is 0.462 bits per heavy atom. The molecule has 3 aliphatic rings. The van der Waals surface area contributed by atoms with E-state index >= 15 is 0 Å². The quantitative estimate of drug-likeness (QED) is 0.384. The van der Waals surface area contributed by atoms with Crippen molar-refractivity contribution in [1.82, 2.24) is 15.0 Å². The van der Waals surface area contributed by atoms with E-state index in [1.165, 1.54) is 38.5 Å². The molecule has 3 aromatic rings. The number of aromatic nitrogens is 3. The molecule has 0 spiro atoms. The van der Waals surface area contributed by atoms with E-state index in [4.69, 9.17) is 31.4 Å². The fourth-order valence-corrected chi connectivity index (χ4v) is 4.87. The van der Waals surface area contributed by atoms with Crippen LogP contribution in [0, 0.1) is 0 Å². The largest absolute Gasteiger partial charge is 0.384 e. The van der Waals surface area contributed by atoms with Crippen molar-refractivity contribution in [1.29, 1.82) is 0 Å². The zero-order chi connectivity index (χ0) is 27.3. The van der Waals surface area contributed by atoms with Crippen molar-refractivity contribution in [3.63, 3.8) is 0 Å².